The third-order valence-electron chi connectivity index (χ3n) is 14.9. The van der Waals surface area contributed by atoms with Crippen LogP contribution in [0.25, 0.3) is 0 Å². The Labute approximate surface area is 484 Å². The van der Waals surface area contributed by atoms with Crippen molar-refractivity contribution in [3.8, 4) is 0 Å². The summed E-state index contributed by atoms with van der Waals surface area (Å²) in [4.78, 5) is 38.4. The summed E-state index contributed by atoms with van der Waals surface area (Å²) in [5.74, 6) is -0.879. The molecule has 6 nitrogen and oxygen atoms in total. The van der Waals surface area contributed by atoms with E-state index in [1.807, 2.05) is 0 Å². The van der Waals surface area contributed by atoms with Gasteiger partial charge in [-0.15, -0.1) is 0 Å². The number of unbranched alkanes of at least 4 members (excludes halogenated alkanes) is 39. The largest absolute Gasteiger partial charge is 0.462 e. The predicted octanol–water partition coefficient (Wildman–Crippen LogP) is 23.3. The smallest absolute Gasteiger partial charge is 0.306 e. The molecule has 0 amide bonds. The number of esters is 3. The number of hydrogen-bond donors (Lipinski definition) is 0. The first-order valence-electron chi connectivity index (χ1n) is 33.9. The van der Waals surface area contributed by atoms with Gasteiger partial charge in [-0.1, -0.05) is 293 Å². The van der Waals surface area contributed by atoms with Crippen LogP contribution in [0.15, 0.2) is 72.9 Å². The molecule has 0 N–H and O–H groups in total. The van der Waals surface area contributed by atoms with Gasteiger partial charge >= 0.3 is 17.9 Å². The Morgan fingerprint density at radius 1 is 0.269 bits per heavy atom. The van der Waals surface area contributed by atoms with Gasteiger partial charge in [-0.3, -0.25) is 14.4 Å². The third-order valence-corrected chi connectivity index (χ3v) is 14.9. The van der Waals surface area contributed by atoms with Crippen LogP contribution in [-0.2, 0) is 28.6 Å². The molecule has 452 valence electrons. The summed E-state index contributed by atoms with van der Waals surface area (Å²) >= 11 is 0. The molecule has 78 heavy (non-hydrogen) atoms. The Hall–Kier alpha value is -3.15. The monoisotopic (exact) mass is 1090 g/mol. The Bertz CT molecular complexity index is 1440. The highest BCUT2D eigenvalue weighted by molar-refractivity contribution is 5.71. The molecule has 0 aromatic rings. The standard InChI is InChI=1S/C72H128O6/c1-4-7-10-13-16-19-22-25-28-30-32-34-35-36-37-39-40-42-44-47-50-53-56-59-62-65-71(74)77-68-69(67-76-70(73)64-61-58-55-52-49-46-27-24-21-18-15-12-9-6-3)78-72(75)66-63-60-57-54-51-48-45-43-41-38-33-31-29-26-23-20-17-14-11-8-5-2/h8,11,17,20,24,26-27,29-30,32-33,38,69H,4-7,9-10,12-16,18-19,21-23,25,28,31,34-37,39-68H2,1-3H3/b11-8-,20-17-,27-24-,29-26-,32-30-,38-33-. The van der Waals surface area contributed by atoms with Crippen molar-refractivity contribution in [2.75, 3.05) is 13.2 Å². The van der Waals surface area contributed by atoms with Crippen LogP contribution in [0.4, 0.5) is 0 Å². The van der Waals surface area contributed by atoms with Crippen LogP contribution >= 0.6 is 0 Å². The van der Waals surface area contributed by atoms with Gasteiger partial charge in [0.05, 0.1) is 0 Å². The van der Waals surface area contributed by atoms with Crippen LogP contribution in [0.1, 0.15) is 348 Å². The van der Waals surface area contributed by atoms with Gasteiger partial charge in [0.25, 0.3) is 0 Å². The second-order valence-corrected chi connectivity index (χ2v) is 22.7. The van der Waals surface area contributed by atoms with E-state index in [1.54, 1.807) is 0 Å². The lowest BCUT2D eigenvalue weighted by Crippen LogP contribution is -2.30. The molecular formula is C72H128O6. The van der Waals surface area contributed by atoms with Crippen molar-refractivity contribution < 1.29 is 28.6 Å². The molecule has 0 saturated carbocycles. The summed E-state index contributed by atoms with van der Waals surface area (Å²) in [5, 5.41) is 0. The van der Waals surface area contributed by atoms with Crippen molar-refractivity contribution in [2.24, 2.45) is 0 Å². The number of carbonyl (C=O) groups is 3. The lowest BCUT2D eigenvalue weighted by atomic mass is 10.0. The quantitative estimate of drug-likeness (QED) is 0.0261. The highest BCUT2D eigenvalue weighted by Crippen LogP contribution is 2.17. The maximum atomic E-state index is 12.9. The van der Waals surface area contributed by atoms with Gasteiger partial charge in [-0.2, -0.15) is 0 Å². The fourth-order valence-electron chi connectivity index (χ4n) is 9.84. The molecule has 0 aliphatic carbocycles. The molecule has 0 spiro atoms. The molecule has 0 radical (unpaired) electrons. The minimum atomic E-state index is -0.784. The lowest BCUT2D eigenvalue weighted by Gasteiger charge is -2.18. The fourth-order valence-corrected chi connectivity index (χ4v) is 9.84. The summed E-state index contributed by atoms with van der Waals surface area (Å²) in [6, 6.07) is 0. The van der Waals surface area contributed by atoms with E-state index in [0.717, 1.165) is 96.3 Å². The number of hydrogen-bond acceptors (Lipinski definition) is 6. The molecule has 0 aromatic carbocycles. The zero-order chi connectivity index (χ0) is 56.4. The van der Waals surface area contributed by atoms with Crippen LogP contribution in [0.3, 0.4) is 0 Å². The number of ether oxygens (including phenoxy) is 3. The molecular weight excluding hydrogens is 961 g/mol. The molecule has 1 unspecified atom stereocenters. The second-order valence-electron chi connectivity index (χ2n) is 22.7. The van der Waals surface area contributed by atoms with Gasteiger partial charge in [0.2, 0.25) is 0 Å². The lowest BCUT2D eigenvalue weighted by molar-refractivity contribution is -0.167. The van der Waals surface area contributed by atoms with Crippen LogP contribution in [0, 0.1) is 0 Å². The number of carbonyl (C=O) groups excluding carboxylic acids is 3. The molecule has 0 saturated heterocycles. The molecule has 0 aliphatic heterocycles. The van der Waals surface area contributed by atoms with E-state index in [0.29, 0.717) is 19.3 Å². The van der Waals surface area contributed by atoms with Gasteiger partial charge in [0.1, 0.15) is 13.2 Å². The van der Waals surface area contributed by atoms with Crippen molar-refractivity contribution in [3.05, 3.63) is 72.9 Å². The topological polar surface area (TPSA) is 78.9 Å². The van der Waals surface area contributed by atoms with E-state index >= 15 is 0 Å². The Morgan fingerprint density at radius 2 is 0.500 bits per heavy atom. The molecule has 0 rings (SSSR count). The summed E-state index contributed by atoms with van der Waals surface area (Å²) in [5.41, 5.74) is 0. The molecule has 0 aliphatic rings. The summed E-state index contributed by atoms with van der Waals surface area (Å²) < 4.78 is 17.0. The van der Waals surface area contributed by atoms with Gasteiger partial charge in [-0.25, -0.2) is 0 Å². The molecule has 0 fully saturated rings. The van der Waals surface area contributed by atoms with Crippen LogP contribution in [0.5, 0.6) is 0 Å². The molecule has 1 atom stereocenters. The van der Waals surface area contributed by atoms with E-state index in [-0.39, 0.29) is 31.1 Å². The second kappa shape index (κ2) is 66.4. The van der Waals surface area contributed by atoms with Gasteiger partial charge in [-0.05, 0) is 109 Å². The zero-order valence-electron chi connectivity index (χ0n) is 51.9. The average molecular weight is 1090 g/mol. The molecule has 0 heterocycles. The van der Waals surface area contributed by atoms with Crippen LogP contribution in [-0.4, -0.2) is 37.2 Å². The average Bonchev–Trinajstić information content (AvgIpc) is 3.44. The van der Waals surface area contributed by atoms with E-state index in [9.17, 15) is 14.4 Å². The van der Waals surface area contributed by atoms with E-state index in [1.165, 1.54) is 212 Å². The van der Waals surface area contributed by atoms with Gasteiger partial charge in [0, 0.05) is 19.3 Å². The fraction of sp³-hybridized carbons (Fsp3) is 0.792. The zero-order valence-corrected chi connectivity index (χ0v) is 51.9. The normalized spacial score (nSPS) is 12.5. The minimum absolute atomic E-state index is 0.0791. The Morgan fingerprint density at radius 3 is 0.795 bits per heavy atom. The summed E-state index contributed by atoms with van der Waals surface area (Å²) in [6.07, 6.45) is 86.3. The Balaban J connectivity index is 4.31. The molecule has 0 bridgehead atoms. The van der Waals surface area contributed by atoms with Gasteiger partial charge < -0.3 is 14.2 Å². The van der Waals surface area contributed by atoms with E-state index < -0.39 is 6.10 Å². The first kappa shape index (κ1) is 74.8. The van der Waals surface area contributed by atoms with E-state index in [2.05, 4.69) is 93.7 Å². The number of allylic oxidation sites excluding steroid dienone is 12. The first-order valence-corrected chi connectivity index (χ1v) is 33.9. The van der Waals surface area contributed by atoms with Crippen LogP contribution < -0.4 is 0 Å². The number of rotatable bonds is 62. The van der Waals surface area contributed by atoms with Crippen molar-refractivity contribution in [2.45, 2.75) is 354 Å². The Kier molecular flexibility index (Phi) is 63.7. The molecule has 6 heteroatoms. The summed E-state index contributed by atoms with van der Waals surface area (Å²) in [7, 11) is 0. The van der Waals surface area contributed by atoms with Gasteiger partial charge in [0.15, 0.2) is 6.10 Å². The van der Waals surface area contributed by atoms with Crippen molar-refractivity contribution >= 4 is 17.9 Å². The first-order chi connectivity index (χ1) is 38.5. The third kappa shape index (κ3) is 63.7. The molecule has 0 aromatic heterocycles. The van der Waals surface area contributed by atoms with E-state index in [4.69, 9.17) is 14.2 Å². The van der Waals surface area contributed by atoms with Crippen molar-refractivity contribution in [1.82, 2.24) is 0 Å². The maximum Gasteiger partial charge on any atom is 0.306 e. The SMILES string of the molecule is CC/C=C\C/C=C\C/C=C\C/C=C\CCCCCCCCCCC(=O)OC(COC(=O)CCCCCCC/C=C\CCCCCCC)COC(=O)CCCCCCCCCCCCCCC/C=C\CCCCCCCCCC. The van der Waals surface area contributed by atoms with Crippen LogP contribution in [0.2, 0.25) is 0 Å². The summed E-state index contributed by atoms with van der Waals surface area (Å²) in [6.45, 7) is 6.55. The minimum Gasteiger partial charge on any atom is -0.462 e. The highest BCUT2D eigenvalue weighted by Gasteiger charge is 2.19. The van der Waals surface area contributed by atoms with Crippen molar-refractivity contribution in [3.63, 3.8) is 0 Å². The highest BCUT2D eigenvalue weighted by atomic mass is 16.6. The predicted molar refractivity (Wildman–Crippen MR) is 339 cm³/mol. The maximum absolute atomic E-state index is 12.9. The van der Waals surface area contributed by atoms with Crippen molar-refractivity contribution in [1.29, 1.82) is 0 Å².